The van der Waals surface area contributed by atoms with Gasteiger partial charge in [0.05, 0.1) is 6.10 Å². The average Bonchev–Trinajstić information content (AvgIpc) is 2.15. The van der Waals surface area contributed by atoms with E-state index >= 15 is 0 Å². The number of rotatable bonds is 4. The molecule has 2 heteroatoms. The van der Waals surface area contributed by atoms with Gasteiger partial charge in [0.2, 0.25) is 0 Å². The minimum atomic E-state index is -0.293. The predicted octanol–water partition coefficient (Wildman–Crippen LogP) is 2.59. The minimum absolute atomic E-state index is 0.273. The summed E-state index contributed by atoms with van der Waals surface area (Å²) < 4.78 is 0. The van der Waals surface area contributed by atoms with Gasteiger partial charge in [-0.2, -0.15) is 0 Å². The Morgan fingerprint density at radius 1 is 1.07 bits per heavy atom. The number of aliphatic hydroxyl groups excluding tert-OH is 1. The van der Waals surface area contributed by atoms with Crippen LogP contribution in [0.1, 0.15) is 26.3 Å². The van der Waals surface area contributed by atoms with E-state index in [9.17, 15) is 5.11 Å². The average molecular weight is 208 g/mol. The van der Waals surface area contributed by atoms with E-state index in [1.54, 1.807) is 12.1 Å². The Bertz CT molecular complexity index is 280. The lowest BCUT2D eigenvalue weighted by Gasteiger charge is -2.23. The topological polar surface area (TPSA) is 40.5 Å². The molecule has 0 aliphatic heterocycles. The smallest absolute Gasteiger partial charge is 0.115 e. The van der Waals surface area contributed by atoms with Crippen molar-refractivity contribution in [3.8, 4) is 5.75 Å². The van der Waals surface area contributed by atoms with Gasteiger partial charge >= 0.3 is 0 Å². The monoisotopic (exact) mass is 208 g/mol. The molecule has 84 valence electrons. The van der Waals surface area contributed by atoms with Crippen LogP contribution in [0.2, 0.25) is 0 Å². The van der Waals surface area contributed by atoms with Gasteiger partial charge in [-0.15, -0.1) is 0 Å². The molecule has 0 aliphatic carbocycles. The molecule has 0 spiro atoms. The first-order valence-electron chi connectivity index (χ1n) is 5.46. The fraction of sp³-hybridized carbons (Fsp3) is 0.538. The molecular weight excluding hydrogens is 188 g/mol. The van der Waals surface area contributed by atoms with Crippen molar-refractivity contribution < 1.29 is 10.2 Å². The molecule has 0 radical (unpaired) electrons. The molecule has 1 rings (SSSR count). The van der Waals surface area contributed by atoms with Crippen LogP contribution in [0.5, 0.6) is 5.75 Å². The molecule has 0 saturated heterocycles. The highest BCUT2D eigenvalue weighted by molar-refractivity contribution is 5.26. The van der Waals surface area contributed by atoms with Crippen LogP contribution in [0, 0.1) is 11.8 Å². The molecule has 0 aliphatic rings. The van der Waals surface area contributed by atoms with E-state index in [1.165, 1.54) is 0 Å². The quantitative estimate of drug-likeness (QED) is 0.798. The fourth-order valence-corrected chi connectivity index (χ4v) is 1.87. The Kier molecular flexibility index (Phi) is 4.15. The van der Waals surface area contributed by atoms with Crippen LogP contribution in [0.4, 0.5) is 0 Å². The van der Waals surface area contributed by atoms with Crippen LogP contribution in [-0.2, 0) is 6.42 Å². The zero-order chi connectivity index (χ0) is 11.4. The summed E-state index contributed by atoms with van der Waals surface area (Å²) in [6.07, 6.45) is 0.564. The lowest BCUT2D eigenvalue weighted by Crippen LogP contribution is -2.24. The molecule has 2 unspecified atom stereocenters. The summed E-state index contributed by atoms with van der Waals surface area (Å²) in [5, 5.41) is 18.8. The molecule has 2 atom stereocenters. The second-order valence-electron chi connectivity index (χ2n) is 4.52. The van der Waals surface area contributed by atoms with Crippen LogP contribution in [0.3, 0.4) is 0 Å². The highest BCUT2D eigenvalue weighted by Gasteiger charge is 2.19. The first kappa shape index (κ1) is 12.1. The molecule has 0 bridgehead atoms. The first-order valence-corrected chi connectivity index (χ1v) is 5.46. The summed E-state index contributed by atoms with van der Waals surface area (Å²) >= 11 is 0. The zero-order valence-corrected chi connectivity index (χ0v) is 9.64. The van der Waals surface area contributed by atoms with Crippen molar-refractivity contribution in [2.45, 2.75) is 33.3 Å². The van der Waals surface area contributed by atoms with Crippen LogP contribution < -0.4 is 0 Å². The Morgan fingerprint density at radius 2 is 1.60 bits per heavy atom. The molecule has 15 heavy (non-hydrogen) atoms. The van der Waals surface area contributed by atoms with E-state index in [0.29, 0.717) is 5.92 Å². The van der Waals surface area contributed by atoms with E-state index in [0.717, 1.165) is 12.0 Å². The zero-order valence-electron chi connectivity index (χ0n) is 9.64. The van der Waals surface area contributed by atoms with Gasteiger partial charge in [0.15, 0.2) is 0 Å². The third-order valence-corrected chi connectivity index (χ3v) is 2.88. The maximum Gasteiger partial charge on any atom is 0.115 e. The van der Waals surface area contributed by atoms with Crippen LogP contribution >= 0.6 is 0 Å². The van der Waals surface area contributed by atoms with Crippen molar-refractivity contribution in [2.24, 2.45) is 11.8 Å². The van der Waals surface area contributed by atoms with Crippen molar-refractivity contribution in [1.29, 1.82) is 0 Å². The normalized spacial score (nSPS) is 15.3. The van der Waals surface area contributed by atoms with Gasteiger partial charge in [0.1, 0.15) is 5.75 Å². The molecule has 0 amide bonds. The number of hydrogen-bond donors (Lipinski definition) is 2. The molecule has 2 nitrogen and oxygen atoms in total. The number of aliphatic hydroxyl groups is 1. The van der Waals surface area contributed by atoms with E-state index in [-0.39, 0.29) is 17.8 Å². The fourth-order valence-electron chi connectivity index (χ4n) is 1.87. The molecular formula is C13H20O2. The molecule has 2 N–H and O–H groups in total. The number of hydrogen-bond acceptors (Lipinski definition) is 2. The number of phenolic OH excluding ortho intramolecular Hbond substituents is 1. The van der Waals surface area contributed by atoms with Gasteiger partial charge < -0.3 is 10.2 Å². The van der Waals surface area contributed by atoms with E-state index in [1.807, 2.05) is 19.1 Å². The number of aromatic hydroxyl groups is 1. The lowest BCUT2D eigenvalue weighted by molar-refractivity contribution is 0.0977. The van der Waals surface area contributed by atoms with Crippen LogP contribution in [0.25, 0.3) is 0 Å². The Hall–Kier alpha value is -1.02. The highest BCUT2D eigenvalue weighted by atomic mass is 16.3. The first-order chi connectivity index (χ1) is 7.00. The SMILES string of the molecule is CC(C)C(Cc1ccc(O)cc1)C(C)O. The van der Waals surface area contributed by atoms with Crippen molar-refractivity contribution in [3.63, 3.8) is 0 Å². The summed E-state index contributed by atoms with van der Waals surface area (Å²) in [5.41, 5.74) is 1.16. The van der Waals surface area contributed by atoms with Crippen molar-refractivity contribution in [1.82, 2.24) is 0 Å². The lowest BCUT2D eigenvalue weighted by atomic mass is 9.85. The van der Waals surface area contributed by atoms with Crippen LogP contribution in [-0.4, -0.2) is 16.3 Å². The molecule has 0 aromatic heterocycles. The molecule has 0 fully saturated rings. The maximum absolute atomic E-state index is 9.65. The highest BCUT2D eigenvalue weighted by Crippen LogP contribution is 2.22. The number of phenols is 1. The second-order valence-corrected chi connectivity index (χ2v) is 4.52. The van der Waals surface area contributed by atoms with Crippen molar-refractivity contribution in [2.75, 3.05) is 0 Å². The summed E-state index contributed by atoms with van der Waals surface area (Å²) in [5.74, 6) is 1.02. The standard InChI is InChI=1S/C13H20O2/c1-9(2)13(10(3)14)8-11-4-6-12(15)7-5-11/h4-7,9-10,13-15H,8H2,1-3H3. The van der Waals surface area contributed by atoms with Gasteiger partial charge in [-0.05, 0) is 42.9 Å². The third kappa shape index (κ3) is 3.56. The van der Waals surface area contributed by atoms with E-state index in [2.05, 4.69) is 13.8 Å². The molecule has 1 aromatic carbocycles. The molecule has 0 saturated carbocycles. The second kappa shape index (κ2) is 5.17. The summed E-state index contributed by atoms with van der Waals surface area (Å²) in [6, 6.07) is 7.20. The summed E-state index contributed by atoms with van der Waals surface area (Å²) in [6.45, 7) is 6.08. The minimum Gasteiger partial charge on any atom is -0.508 e. The summed E-state index contributed by atoms with van der Waals surface area (Å²) in [7, 11) is 0. The van der Waals surface area contributed by atoms with E-state index < -0.39 is 0 Å². The molecule has 1 aromatic rings. The summed E-state index contributed by atoms with van der Waals surface area (Å²) in [4.78, 5) is 0. The van der Waals surface area contributed by atoms with Gasteiger partial charge in [-0.25, -0.2) is 0 Å². The third-order valence-electron chi connectivity index (χ3n) is 2.88. The Balaban J connectivity index is 2.70. The number of benzene rings is 1. The van der Waals surface area contributed by atoms with Gasteiger partial charge in [-0.1, -0.05) is 26.0 Å². The van der Waals surface area contributed by atoms with Gasteiger partial charge in [0.25, 0.3) is 0 Å². The van der Waals surface area contributed by atoms with Gasteiger partial charge in [0, 0.05) is 0 Å². The Morgan fingerprint density at radius 3 is 2.00 bits per heavy atom. The molecule has 0 heterocycles. The van der Waals surface area contributed by atoms with Gasteiger partial charge in [-0.3, -0.25) is 0 Å². The predicted molar refractivity (Wildman–Crippen MR) is 61.8 cm³/mol. The van der Waals surface area contributed by atoms with E-state index in [4.69, 9.17) is 5.11 Å². The largest absolute Gasteiger partial charge is 0.508 e. The van der Waals surface area contributed by atoms with Crippen molar-refractivity contribution >= 4 is 0 Å². The van der Waals surface area contributed by atoms with Crippen LogP contribution in [0.15, 0.2) is 24.3 Å². The Labute approximate surface area is 91.6 Å². The maximum atomic E-state index is 9.65. The van der Waals surface area contributed by atoms with Crippen molar-refractivity contribution in [3.05, 3.63) is 29.8 Å².